The molecule has 0 saturated carbocycles. The largest absolute Gasteiger partial charge is 0.382 e. The van der Waals surface area contributed by atoms with Gasteiger partial charge in [0.2, 0.25) is 0 Å². The summed E-state index contributed by atoms with van der Waals surface area (Å²) < 4.78 is 5.24. The molecule has 4 nitrogen and oxygen atoms in total. The van der Waals surface area contributed by atoms with Crippen LogP contribution in [0.5, 0.6) is 0 Å². The maximum atomic E-state index is 5.54. The molecule has 0 aliphatic carbocycles. The van der Waals surface area contributed by atoms with Gasteiger partial charge in [0.1, 0.15) is 0 Å². The van der Waals surface area contributed by atoms with Gasteiger partial charge >= 0.3 is 0 Å². The molecule has 0 radical (unpaired) electrons. The average Bonchev–Trinajstić information content (AvgIpc) is 2.56. The molecule has 5 heteroatoms. The third-order valence-electron chi connectivity index (χ3n) is 2.75. The number of hydrogen-bond donors (Lipinski definition) is 2. The van der Waals surface area contributed by atoms with Crippen molar-refractivity contribution in [2.24, 2.45) is 5.84 Å². The normalized spacial score (nSPS) is 15.1. The van der Waals surface area contributed by atoms with E-state index in [1.165, 1.54) is 4.88 Å². The summed E-state index contributed by atoms with van der Waals surface area (Å²) in [5.74, 6) is 5.54. The molecule has 92 valence electrons. The predicted molar refractivity (Wildman–Crippen MR) is 67.5 cm³/mol. The number of ether oxygens (including phenoxy) is 1. The molecule has 0 spiro atoms. The topological polar surface area (TPSA) is 60.2 Å². The van der Waals surface area contributed by atoms with E-state index in [9.17, 15) is 0 Å². The Kier molecular flexibility index (Phi) is 5.34. The number of nitrogens with one attached hydrogen (secondary N) is 1. The highest BCUT2D eigenvalue weighted by molar-refractivity contribution is 7.11. The Labute approximate surface area is 101 Å². The molecule has 1 rings (SSSR count). The van der Waals surface area contributed by atoms with Crippen molar-refractivity contribution in [3.05, 3.63) is 15.6 Å². The molecule has 0 amide bonds. The van der Waals surface area contributed by atoms with E-state index in [4.69, 9.17) is 10.6 Å². The van der Waals surface area contributed by atoms with Gasteiger partial charge in [0.15, 0.2) is 0 Å². The van der Waals surface area contributed by atoms with Crippen molar-refractivity contribution in [2.45, 2.75) is 45.8 Å². The second-order valence-corrected chi connectivity index (χ2v) is 5.39. The molecule has 0 saturated heterocycles. The molecule has 0 aromatic carbocycles. The van der Waals surface area contributed by atoms with Crippen LogP contribution in [0, 0.1) is 13.8 Å². The zero-order valence-corrected chi connectivity index (χ0v) is 11.2. The van der Waals surface area contributed by atoms with Crippen LogP contribution < -0.4 is 11.3 Å². The Bertz CT molecular complexity index is 308. The van der Waals surface area contributed by atoms with Crippen LogP contribution in [0.4, 0.5) is 0 Å². The molecular formula is C11H21N3OS. The van der Waals surface area contributed by atoms with E-state index in [-0.39, 0.29) is 12.1 Å². The van der Waals surface area contributed by atoms with E-state index < -0.39 is 0 Å². The number of hydrazine groups is 1. The number of aromatic nitrogens is 1. The maximum Gasteiger partial charge on any atom is 0.0946 e. The highest BCUT2D eigenvalue weighted by Gasteiger charge is 2.14. The number of rotatable bonds is 6. The lowest BCUT2D eigenvalue weighted by Crippen LogP contribution is -2.39. The van der Waals surface area contributed by atoms with Crippen molar-refractivity contribution in [3.63, 3.8) is 0 Å². The minimum Gasteiger partial charge on any atom is -0.382 e. The van der Waals surface area contributed by atoms with E-state index in [1.54, 1.807) is 18.4 Å². The minimum atomic E-state index is 0.211. The zero-order valence-electron chi connectivity index (χ0n) is 10.4. The van der Waals surface area contributed by atoms with E-state index in [1.807, 2.05) is 13.8 Å². The summed E-state index contributed by atoms with van der Waals surface area (Å²) in [6.07, 6.45) is 1.97. The minimum absolute atomic E-state index is 0.211. The van der Waals surface area contributed by atoms with Gasteiger partial charge in [-0.2, -0.15) is 0 Å². The Balaban J connectivity index is 2.56. The van der Waals surface area contributed by atoms with Crippen molar-refractivity contribution < 1.29 is 4.74 Å². The first-order valence-corrected chi connectivity index (χ1v) is 6.30. The molecule has 1 aromatic heterocycles. The summed E-state index contributed by atoms with van der Waals surface area (Å²) in [5.41, 5.74) is 3.95. The van der Waals surface area contributed by atoms with Gasteiger partial charge in [-0.1, -0.05) is 0 Å². The highest BCUT2D eigenvalue weighted by atomic mass is 32.1. The summed E-state index contributed by atoms with van der Waals surface area (Å²) in [5, 5.41) is 1.14. The van der Waals surface area contributed by atoms with E-state index in [0.717, 1.165) is 23.5 Å². The lowest BCUT2D eigenvalue weighted by Gasteiger charge is -2.18. The number of methoxy groups -OCH3 is 1. The lowest BCUT2D eigenvalue weighted by molar-refractivity contribution is 0.100. The first-order chi connectivity index (χ1) is 7.56. The highest BCUT2D eigenvalue weighted by Crippen LogP contribution is 2.18. The predicted octanol–water partition coefficient (Wildman–Crippen LogP) is 1.56. The Hall–Kier alpha value is -0.490. The summed E-state index contributed by atoms with van der Waals surface area (Å²) in [6.45, 7) is 6.18. The Morgan fingerprint density at radius 2 is 2.19 bits per heavy atom. The number of nitrogens with two attached hydrogens (primary N) is 1. The molecule has 0 aliphatic heterocycles. The van der Waals surface area contributed by atoms with Crippen molar-refractivity contribution in [1.29, 1.82) is 0 Å². The van der Waals surface area contributed by atoms with Gasteiger partial charge in [0.25, 0.3) is 0 Å². The van der Waals surface area contributed by atoms with Crippen LogP contribution in [-0.2, 0) is 11.2 Å². The van der Waals surface area contributed by atoms with Gasteiger partial charge in [-0.05, 0) is 27.2 Å². The zero-order chi connectivity index (χ0) is 12.1. The van der Waals surface area contributed by atoms with Gasteiger partial charge in [0.05, 0.1) is 16.8 Å². The van der Waals surface area contributed by atoms with Crippen molar-refractivity contribution in [3.8, 4) is 0 Å². The SMILES string of the molecule is COC(C)CC(Cc1nc(C)c(C)s1)NN. The molecule has 1 aromatic rings. The van der Waals surface area contributed by atoms with Crippen LogP contribution in [0.2, 0.25) is 0 Å². The number of thiazole rings is 1. The van der Waals surface area contributed by atoms with Crippen LogP contribution >= 0.6 is 11.3 Å². The molecule has 2 unspecified atom stereocenters. The maximum absolute atomic E-state index is 5.54. The summed E-state index contributed by atoms with van der Waals surface area (Å²) >= 11 is 1.75. The Morgan fingerprint density at radius 3 is 2.62 bits per heavy atom. The molecule has 0 bridgehead atoms. The second-order valence-electron chi connectivity index (χ2n) is 4.10. The van der Waals surface area contributed by atoms with Crippen molar-refractivity contribution in [1.82, 2.24) is 10.4 Å². The third kappa shape index (κ3) is 3.83. The number of aryl methyl sites for hydroxylation is 2. The molecule has 0 aliphatic rings. The fraction of sp³-hybridized carbons (Fsp3) is 0.727. The van der Waals surface area contributed by atoms with Gasteiger partial charge < -0.3 is 4.74 Å². The number of nitrogens with zero attached hydrogens (tertiary/aromatic N) is 1. The van der Waals surface area contributed by atoms with Crippen LogP contribution in [0.1, 0.15) is 28.9 Å². The summed E-state index contributed by atoms with van der Waals surface area (Å²) in [6, 6.07) is 0.222. The van der Waals surface area contributed by atoms with Crippen molar-refractivity contribution in [2.75, 3.05) is 7.11 Å². The standard InChI is InChI=1S/C11H21N3OS/c1-7(15-4)5-10(14-12)6-11-13-8(2)9(3)16-11/h7,10,14H,5-6,12H2,1-4H3. The quantitative estimate of drug-likeness (QED) is 0.588. The van der Waals surface area contributed by atoms with Crippen LogP contribution in [-0.4, -0.2) is 24.2 Å². The van der Waals surface area contributed by atoms with Crippen LogP contribution in [0.25, 0.3) is 0 Å². The third-order valence-corrected chi connectivity index (χ3v) is 3.84. The van der Waals surface area contributed by atoms with E-state index >= 15 is 0 Å². The molecule has 2 atom stereocenters. The lowest BCUT2D eigenvalue weighted by atomic mass is 10.1. The van der Waals surface area contributed by atoms with Crippen molar-refractivity contribution >= 4 is 11.3 Å². The molecular weight excluding hydrogens is 222 g/mol. The first kappa shape index (κ1) is 13.6. The van der Waals surface area contributed by atoms with E-state index in [0.29, 0.717) is 0 Å². The molecule has 16 heavy (non-hydrogen) atoms. The fourth-order valence-electron chi connectivity index (χ4n) is 1.54. The monoisotopic (exact) mass is 243 g/mol. The average molecular weight is 243 g/mol. The van der Waals surface area contributed by atoms with Gasteiger partial charge in [0, 0.05) is 24.4 Å². The fourth-order valence-corrected chi connectivity index (χ4v) is 2.56. The summed E-state index contributed by atoms with van der Waals surface area (Å²) in [7, 11) is 1.72. The Morgan fingerprint density at radius 1 is 1.50 bits per heavy atom. The molecule has 0 fully saturated rings. The molecule has 1 heterocycles. The van der Waals surface area contributed by atoms with Gasteiger partial charge in [-0.3, -0.25) is 11.3 Å². The smallest absolute Gasteiger partial charge is 0.0946 e. The number of hydrogen-bond acceptors (Lipinski definition) is 5. The molecule has 3 N–H and O–H groups in total. The van der Waals surface area contributed by atoms with Crippen LogP contribution in [0.3, 0.4) is 0 Å². The van der Waals surface area contributed by atoms with Gasteiger partial charge in [-0.25, -0.2) is 4.98 Å². The summed E-state index contributed by atoms with van der Waals surface area (Å²) in [4.78, 5) is 5.80. The van der Waals surface area contributed by atoms with Crippen LogP contribution in [0.15, 0.2) is 0 Å². The van der Waals surface area contributed by atoms with Gasteiger partial charge in [-0.15, -0.1) is 11.3 Å². The van der Waals surface area contributed by atoms with E-state index in [2.05, 4.69) is 17.3 Å². The first-order valence-electron chi connectivity index (χ1n) is 5.48. The second kappa shape index (κ2) is 6.30.